The van der Waals surface area contributed by atoms with Crippen molar-refractivity contribution in [2.75, 3.05) is 10.6 Å². The molecule has 0 saturated carbocycles. The standard InChI is InChI=1S/C29H32N6O3S/c1-6-29(4,5)33-27(37)24(19-9-10-21-18(15-19)8-7-11-32-21)35(20-13-16(2)12-17(3)14-20)28(38)25-22(30)23(26(31)36)34-39-25/h7-15,24H,6,30H2,1-5H3,(H2,31,36)(H,33,37)/t24-/m0/s1. The Balaban J connectivity index is 1.98. The zero-order valence-corrected chi connectivity index (χ0v) is 23.4. The highest BCUT2D eigenvalue weighted by atomic mass is 32.1. The molecule has 0 bridgehead atoms. The molecule has 10 heteroatoms. The van der Waals surface area contributed by atoms with Gasteiger partial charge in [-0.2, -0.15) is 4.37 Å². The van der Waals surface area contributed by atoms with Crippen LogP contribution >= 0.6 is 11.5 Å². The molecule has 202 valence electrons. The summed E-state index contributed by atoms with van der Waals surface area (Å²) in [6.07, 6.45) is 2.37. The van der Waals surface area contributed by atoms with Crippen molar-refractivity contribution < 1.29 is 14.4 Å². The number of aryl methyl sites for hydroxylation is 2. The number of carbonyl (C=O) groups excluding carboxylic acids is 3. The summed E-state index contributed by atoms with van der Waals surface area (Å²) in [6.45, 7) is 9.67. The van der Waals surface area contributed by atoms with E-state index in [1.54, 1.807) is 12.3 Å². The zero-order valence-electron chi connectivity index (χ0n) is 22.6. The summed E-state index contributed by atoms with van der Waals surface area (Å²) >= 11 is 0.780. The fourth-order valence-electron chi connectivity index (χ4n) is 4.38. The predicted octanol–water partition coefficient (Wildman–Crippen LogP) is 4.68. The van der Waals surface area contributed by atoms with Gasteiger partial charge in [0.2, 0.25) is 5.91 Å². The minimum Gasteiger partial charge on any atom is -0.395 e. The van der Waals surface area contributed by atoms with E-state index in [1.165, 1.54) is 4.90 Å². The van der Waals surface area contributed by atoms with Gasteiger partial charge in [0.1, 0.15) is 10.9 Å². The third kappa shape index (κ3) is 5.75. The van der Waals surface area contributed by atoms with Gasteiger partial charge in [-0.25, -0.2) is 0 Å². The zero-order chi connectivity index (χ0) is 28.5. The van der Waals surface area contributed by atoms with E-state index in [4.69, 9.17) is 11.5 Å². The maximum Gasteiger partial charge on any atom is 0.273 e. The number of nitrogen functional groups attached to an aromatic ring is 1. The van der Waals surface area contributed by atoms with Crippen LogP contribution in [0.3, 0.4) is 0 Å². The number of carbonyl (C=O) groups is 3. The molecule has 2 heterocycles. The lowest BCUT2D eigenvalue weighted by atomic mass is 9.96. The smallest absolute Gasteiger partial charge is 0.273 e. The first-order chi connectivity index (χ1) is 18.4. The fourth-order valence-corrected chi connectivity index (χ4v) is 5.13. The Labute approximate surface area is 231 Å². The molecule has 3 amide bonds. The second-order valence-corrected chi connectivity index (χ2v) is 11.0. The molecule has 0 saturated heterocycles. The van der Waals surface area contributed by atoms with Gasteiger partial charge in [-0.05, 0) is 92.7 Å². The summed E-state index contributed by atoms with van der Waals surface area (Å²) in [7, 11) is 0. The van der Waals surface area contributed by atoms with Crippen molar-refractivity contribution in [3.63, 3.8) is 0 Å². The van der Waals surface area contributed by atoms with Crippen LogP contribution < -0.4 is 21.7 Å². The first-order valence-electron chi connectivity index (χ1n) is 12.6. The normalized spacial score (nSPS) is 12.2. The second kappa shape index (κ2) is 10.8. The van der Waals surface area contributed by atoms with Crippen molar-refractivity contribution in [2.24, 2.45) is 5.73 Å². The number of fused-ring (bicyclic) bond motifs is 1. The third-order valence-electron chi connectivity index (χ3n) is 6.65. The lowest BCUT2D eigenvalue weighted by Crippen LogP contribution is -2.50. The quantitative estimate of drug-likeness (QED) is 0.294. The van der Waals surface area contributed by atoms with Gasteiger partial charge in [0.25, 0.3) is 11.8 Å². The molecule has 0 spiro atoms. The molecule has 0 aliphatic rings. The highest BCUT2D eigenvalue weighted by Gasteiger charge is 2.37. The molecule has 0 unspecified atom stereocenters. The molecule has 0 radical (unpaired) electrons. The molecule has 4 rings (SSSR count). The fraction of sp³-hybridized carbons (Fsp3) is 0.276. The molecule has 4 aromatic rings. The Morgan fingerprint density at radius 3 is 2.38 bits per heavy atom. The molecule has 5 N–H and O–H groups in total. The highest BCUT2D eigenvalue weighted by molar-refractivity contribution is 7.09. The Bertz CT molecular complexity index is 1560. The van der Waals surface area contributed by atoms with Gasteiger partial charge in [-0.3, -0.25) is 24.3 Å². The molecule has 0 aliphatic heterocycles. The van der Waals surface area contributed by atoms with E-state index in [2.05, 4.69) is 14.7 Å². The summed E-state index contributed by atoms with van der Waals surface area (Å²) in [4.78, 5) is 46.1. The number of aromatic nitrogens is 2. The largest absolute Gasteiger partial charge is 0.395 e. The average molecular weight is 545 g/mol. The van der Waals surface area contributed by atoms with Crippen LogP contribution in [-0.2, 0) is 4.79 Å². The summed E-state index contributed by atoms with van der Waals surface area (Å²) in [5.74, 6) is -1.76. The Kier molecular flexibility index (Phi) is 7.69. The van der Waals surface area contributed by atoms with Crippen molar-refractivity contribution >= 4 is 51.5 Å². The molecule has 39 heavy (non-hydrogen) atoms. The minimum absolute atomic E-state index is 0.0259. The van der Waals surface area contributed by atoms with Crippen molar-refractivity contribution in [2.45, 2.75) is 52.6 Å². The third-order valence-corrected chi connectivity index (χ3v) is 7.50. The molecule has 2 aromatic heterocycles. The van der Waals surface area contributed by atoms with E-state index in [9.17, 15) is 14.4 Å². The maximum atomic E-state index is 14.3. The lowest BCUT2D eigenvalue weighted by Gasteiger charge is -2.35. The molecular weight excluding hydrogens is 512 g/mol. The first-order valence-corrected chi connectivity index (χ1v) is 13.3. The average Bonchev–Trinajstić information content (AvgIpc) is 3.27. The number of nitrogens with two attached hydrogens (primary N) is 2. The lowest BCUT2D eigenvalue weighted by molar-refractivity contribution is -0.124. The van der Waals surface area contributed by atoms with Crippen LogP contribution in [0.4, 0.5) is 11.4 Å². The number of primary amides is 1. The van der Waals surface area contributed by atoms with Gasteiger partial charge in [0.15, 0.2) is 5.69 Å². The van der Waals surface area contributed by atoms with E-state index in [1.807, 2.05) is 77.1 Å². The molecule has 0 aliphatic carbocycles. The second-order valence-electron chi connectivity index (χ2n) is 10.2. The number of benzene rings is 2. The van der Waals surface area contributed by atoms with Gasteiger partial charge in [0.05, 0.1) is 11.2 Å². The van der Waals surface area contributed by atoms with Crippen LogP contribution in [0.1, 0.15) is 70.1 Å². The number of hydrogen-bond acceptors (Lipinski definition) is 7. The molecule has 9 nitrogen and oxygen atoms in total. The Morgan fingerprint density at radius 2 is 1.77 bits per heavy atom. The van der Waals surface area contributed by atoms with Gasteiger partial charge < -0.3 is 16.8 Å². The highest BCUT2D eigenvalue weighted by Crippen LogP contribution is 2.35. The summed E-state index contributed by atoms with van der Waals surface area (Å²) in [5, 5.41) is 3.93. The van der Waals surface area contributed by atoms with Gasteiger partial charge >= 0.3 is 0 Å². The van der Waals surface area contributed by atoms with Gasteiger partial charge in [-0.15, -0.1) is 0 Å². The van der Waals surface area contributed by atoms with Gasteiger partial charge in [0, 0.05) is 22.8 Å². The molecule has 0 fully saturated rings. The molecular formula is C29H32N6O3S. The van der Waals surface area contributed by atoms with Crippen LogP contribution in [0.15, 0.2) is 54.7 Å². The van der Waals surface area contributed by atoms with Crippen molar-refractivity contribution in [3.05, 3.63) is 82.0 Å². The first kappa shape index (κ1) is 27.7. The Morgan fingerprint density at radius 1 is 1.08 bits per heavy atom. The number of hydrogen-bond donors (Lipinski definition) is 3. The van der Waals surface area contributed by atoms with E-state index in [0.29, 0.717) is 17.7 Å². The number of amides is 3. The maximum absolute atomic E-state index is 14.3. The SMILES string of the molecule is CCC(C)(C)NC(=O)[C@H](c1ccc2ncccc2c1)N(C(=O)c1snc(C(N)=O)c1N)c1cc(C)cc(C)c1. The van der Waals surface area contributed by atoms with E-state index in [-0.39, 0.29) is 22.2 Å². The minimum atomic E-state index is -1.08. The topological polar surface area (TPSA) is 144 Å². The monoisotopic (exact) mass is 544 g/mol. The Hall–Kier alpha value is -4.31. The van der Waals surface area contributed by atoms with Gasteiger partial charge in [-0.1, -0.05) is 25.1 Å². The van der Waals surface area contributed by atoms with E-state index in [0.717, 1.165) is 33.6 Å². The predicted molar refractivity (Wildman–Crippen MR) is 155 cm³/mol. The summed E-state index contributed by atoms with van der Waals surface area (Å²) < 4.78 is 4.02. The van der Waals surface area contributed by atoms with Crippen LogP contribution in [-0.4, -0.2) is 32.6 Å². The molecule has 1 atom stereocenters. The van der Waals surface area contributed by atoms with Crippen molar-refractivity contribution in [3.8, 4) is 0 Å². The number of anilines is 2. The summed E-state index contributed by atoms with van der Waals surface area (Å²) in [5.41, 5.74) is 14.5. The van der Waals surface area contributed by atoms with Crippen LogP contribution in [0, 0.1) is 13.8 Å². The van der Waals surface area contributed by atoms with Crippen molar-refractivity contribution in [1.29, 1.82) is 0 Å². The number of nitrogens with zero attached hydrogens (tertiary/aromatic N) is 3. The van der Waals surface area contributed by atoms with Crippen molar-refractivity contribution in [1.82, 2.24) is 14.7 Å². The number of rotatable bonds is 8. The van der Waals surface area contributed by atoms with E-state index >= 15 is 0 Å². The summed E-state index contributed by atoms with van der Waals surface area (Å²) in [6, 6.07) is 13.8. The molecule has 2 aromatic carbocycles. The van der Waals surface area contributed by atoms with Crippen LogP contribution in [0.5, 0.6) is 0 Å². The number of pyridine rings is 1. The van der Waals surface area contributed by atoms with Crippen LogP contribution in [0.25, 0.3) is 10.9 Å². The number of nitrogens with one attached hydrogen (secondary N) is 1. The van der Waals surface area contributed by atoms with Crippen LogP contribution in [0.2, 0.25) is 0 Å². The van der Waals surface area contributed by atoms with E-state index < -0.39 is 23.4 Å².